The molecule has 3 N–H and O–H groups in total. The van der Waals surface area contributed by atoms with E-state index in [1.165, 1.54) is 127 Å². The van der Waals surface area contributed by atoms with Gasteiger partial charge >= 0.3 is 0 Å². The van der Waals surface area contributed by atoms with Crippen LogP contribution >= 0.6 is 0 Å². The third-order valence-corrected chi connectivity index (χ3v) is 20.5. The van der Waals surface area contributed by atoms with Crippen molar-refractivity contribution in [3.63, 3.8) is 0 Å². The first-order chi connectivity index (χ1) is 37.0. The third kappa shape index (κ3) is 10.7. The zero-order valence-corrected chi connectivity index (χ0v) is 45.4. The standard InChI is InChI=1S/C23H30N2O.C21H25FN2O.C21H26N2O2/c1-2-16-3-5-20(6-4-16)22-10-21(25-26-22)14-24-15-23-11-17-7-18(12-23)9-19(8-17)13-23;1-13-3-2-4-18(22)20(13)19-8-17(24-25-19)12-23-21-9-14-5-15(10-21)7-16(6-14)11-21;1-24-19-4-2-3-17(8-19)20-9-18(23-25-20)13-22-21-10-14-5-15(11-21)7-16(6-14)12-21/h3-6,10,17-19,24H,2,7-9,11-15H2,1H3;2-4,8,14-16,23H,5-7,9-12H2,1H3;2-4,8-9,14-16,22H,5-7,10-13H2,1H3. The van der Waals surface area contributed by atoms with Gasteiger partial charge in [0.1, 0.15) is 11.6 Å². The molecule has 76 heavy (non-hydrogen) atoms. The molecule has 12 fully saturated rings. The van der Waals surface area contributed by atoms with Crippen molar-refractivity contribution in [1.29, 1.82) is 0 Å². The Balaban J connectivity index is 0.000000109. The second kappa shape index (κ2) is 20.9. The smallest absolute Gasteiger partial charge is 0.170 e. The number of aromatic nitrogens is 3. The topological polar surface area (TPSA) is 123 Å². The van der Waals surface area contributed by atoms with E-state index in [-0.39, 0.29) is 5.82 Å². The molecule has 12 aliphatic carbocycles. The highest BCUT2D eigenvalue weighted by atomic mass is 19.1. The first-order valence-electron chi connectivity index (χ1n) is 29.6. The third-order valence-electron chi connectivity index (χ3n) is 20.5. The van der Waals surface area contributed by atoms with Crippen LogP contribution in [0.25, 0.3) is 34.0 Å². The number of nitrogens with zero attached hydrogens (tertiary/aromatic N) is 3. The molecule has 0 saturated heterocycles. The van der Waals surface area contributed by atoms with Crippen LogP contribution in [0, 0.1) is 71.4 Å². The van der Waals surface area contributed by atoms with Crippen molar-refractivity contribution in [3.05, 3.63) is 119 Å². The van der Waals surface area contributed by atoms with Crippen LogP contribution in [0.15, 0.2) is 98.5 Å². The normalized spacial score (nSPS) is 32.8. The van der Waals surface area contributed by atoms with E-state index in [0.717, 1.165) is 130 Å². The highest BCUT2D eigenvalue weighted by Gasteiger charge is 2.53. The van der Waals surface area contributed by atoms with Crippen molar-refractivity contribution in [2.75, 3.05) is 13.7 Å². The molecule has 6 aromatic rings. The number of hydrogen-bond acceptors (Lipinski definition) is 10. The molecule has 402 valence electrons. The maximum atomic E-state index is 14.1. The number of halogens is 1. The van der Waals surface area contributed by atoms with E-state index in [1.807, 2.05) is 43.3 Å². The van der Waals surface area contributed by atoms with Crippen molar-refractivity contribution in [2.45, 2.75) is 167 Å². The zero-order chi connectivity index (χ0) is 51.4. The molecular formula is C65H81FN6O4. The molecule has 12 saturated carbocycles. The SMILES string of the molecule is CCc1ccc(-c2cc(CNCC34CC5CC(CC(C5)C3)C4)no2)cc1.COc1cccc(-c2cc(CNC34CC5CC(CC(C5)C3)C4)no2)c1.Cc1cccc(F)c1-c1cc(CNC23CC4CC(CC(C4)C2)C3)no1. The lowest BCUT2D eigenvalue weighted by atomic mass is 9.49. The number of aryl methyl sites for hydroxylation is 2. The lowest BCUT2D eigenvalue weighted by Gasteiger charge is -2.57. The van der Waals surface area contributed by atoms with Gasteiger partial charge in [-0.05, 0) is 217 Å². The second-order valence-corrected chi connectivity index (χ2v) is 26.4. The van der Waals surface area contributed by atoms with Crippen molar-refractivity contribution < 1.29 is 22.7 Å². The molecular weight excluding hydrogens is 948 g/mol. The van der Waals surface area contributed by atoms with Crippen molar-refractivity contribution >= 4 is 0 Å². The summed E-state index contributed by atoms with van der Waals surface area (Å²) in [7, 11) is 1.68. The van der Waals surface area contributed by atoms with Crippen LogP contribution in [-0.4, -0.2) is 40.2 Å². The van der Waals surface area contributed by atoms with Crippen LogP contribution in [0.5, 0.6) is 5.75 Å². The summed E-state index contributed by atoms with van der Waals surface area (Å²) in [5.74, 6) is 11.5. The van der Waals surface area contributed by atoms with Gasteiger partial charge in [-0.25, -0.2) is 4.39 Å². The summed E-state index contributed by atoms with van der Waals surface area (Å²) in [6, 6.07) is 27.7. The predicted octanol–water partition coefficient (Wildman–Crippen LogP) is 14.5. The van der Waals surface area contributed by atoms with Crippen LogP contribution < -0.4 is 20.7 Å². The molecule has 3 heterocycles. The minimum absolute atomic E-state index is 0.253. The maximum Gasteiger partial charge on any atom is 0.170 e. The first kappa shape index (κ1) is 50.4. The zero-order valence-electron chi connectivity index (χ0n) is 45.4. The molecule has 0 aliphatic heterocycles. The summed E-state index contributed by atoms with van der Waals surface area (Å²) in [5.41, 5.74) is 9.00. The van der Waals surface area contributed by atoms with Crippen LogP contribution in [0.3, 0.4) is 0 Å². The largest absolute Gasteiger partial charge is 0.497 e. The van der Waals surface area contributed by atoms with Gasteiger partial charge in [0.15, 0.2) is 17.3 Å². The van der Waals surface area contributed by atoms with Crippen molar-refractivity contribution in [1.82, 2.24) is 31.4 Å². The van der Waals surface area contributed by atoms with Gasteiger partial charge in [-0.15, -0.1) is 0 Å². The molecule has 0 atom stereocenters. The van der Waals surface area contributed by atoms with E-state index in [2.05, 4.69) is 74.7 Å². The highest BCUT2D eigenvalue weighted by Crippen LogP contribution is 2.60. The Morgan fingerprint density at radius 2 is 0.974 bits per heavy atom. The molecule has 10 nitrogen and oxygen atoms in total. The summed E-state index contributed by atoms with van der Waals surface area (Å²) >= 11 is 0. The minimum atomic E-state index is -0.253. The van der Waals surface area contributed by atoms with Gasteiger partial charge in [-0.3, -0.25) is 0 Å². The summed E-state index contributed by atoms with van der Waals surface area (Å²) in [5, 5.41) is 24.2. The molecule has 0 spiro atoms. The molecule has 3 aromatic carbocycles. The van der Waals surface area contributed by atoms with Gasteiger partial charge in [-0.2, -0.15) is 0 Å². The quantitative estimate of drug-likeness (QED) is 0.0916. The molecule has 3 aromatic heterocycles. The fourth-order valence-electron chi connectivity index (χ4n) is 18.4. The Morgan fingerprint density at radius 3 is 1.46 bits per heavy atom. The Bertz CT molecular complexity index is 2830. The van der Waals surface area contributed by atoms with Gasteiger partial charge in [0, 0.05) is 66.6 Å². The molecule has 0 radical (unpaired) electrons. The van der Waals surface area contributed by atoms with Gasteiger partial charge in [0.25, 0.3) is 0 Å². The van der Waals surface area contributed by atoms with E-state index in [1.54, 1.807) is 13.2 Å². The molecule has 18 rings (SSSR count). The molecule has 0 unspecified atom stereocenters. The Hall–Kier alpha value is -5.10. The van der Waals surface area contributed by atoms with E-state index in [4.69, 9.17) is 18.3 Å². The summed E-state index contributed by atoms with van der Waals surface area (Å²) in [6.07, 6.45) is 26.8. The second-order valence-electron chi connectivity index (χ2n) is 26.4. The van der Waals surface area contributed by atoms with E-state index >= 15 is 0 Å². The summed E-state index contributed by atoms with van der Waals surface area (Å²) < 4.78 is 36.0. The summed E-state index contributed by atoms with van der Waals surface area (Å²) in [6.45, 7) is 7.57. The molecule has 12 bridgehead atoms. The number of benzene rings is 3. The average molecular weight is 1030 g/mol. The number of rotatable bonds is 15. The van der Waals surface area contributed by atoms with Gasteiger partial charge in [0.05, 0.1) is 29.8 Å². The lowest BCUT2D eigenvalue weighted by Crippen LogP contribution is -2.58. The highest BCUT2D eigenvalue weighted by molar-refractivity contribution is 5.63. The van der Waals surface area contributed by atoms with Crippen LogP contribution in [0.2, 0.25) is 0 Å². The lowest BCUT2D eigenvalue weighted by molar-refractivity contribution is -0.0514. The van der Waals surface area contributed by atoms with Crippen molar-refractivity contribution in [2.24, 2.45) is 58.7 Å². The Morgan fingerprint density at radius 1 is 0.526 bits per heavy atom. The van der Waals surface area contributed by atoms with Gasteiger partial charge in [-0.1, -0.05) is 70.9 Å². The number of ether oxygens (including phenoxy) is 1. The van der Waals surface area contributed by atoms with Gasteiger partial charge < -0.3 is 34.3 Å². The Labute approximate surface area is 449 Å². The molecule has 0 amide bonds. The van der Waals surface area contributed by atoms with E-state index in [9.17, 15) is 4.39 Å². The number of nitrogens with one attached hydrogen (secondary N) is 3. The number of hydrogen-bond donors (Lipinski definition) is 3. The Kier molecular flexibility index (Phi) is 13.9. The first-order valence-corrected chi connectivity index (χ1v) is 29.6. The molecule has 12 aliphatic rings. The fourth-order valence-corrected chi connectivity index (χ4v) is 18.4. The van der Waals surface area contributed by atoms with E-state index < -0.39 is 0 Å². The fraction of sp³-hybridized carbons (Fsp3) is 0.585. The van der Waals surface area contributed by atoms with Crippen molar-refractivity contribution in [3.8, 4) is 39.7 Å². The van der Waals surface area contributed by atoms with Crippen LogP contribution in [0.4, 0.5) is 4.39 Å². The minimum Gasteiger partial charge on any atom is -0.497 e. The predicted molar refractivity (Wildman–Crippen MR) is 294 cm³/mol. The van der Waals surface area contributed by atoms with Crippen LogP contribution in [0.1, 0.15) is 151 Å². The monoisotopic (exact) mass is 1030 g/mol. The molecule has 11 heteroatoms. The average Bonchev–Trinajstić information content (AvgIpc) is 4.20. The number of methoxy groups -OCH3 is 1. The maximum absolute atomic E-state index is 14.1. The van der Waals surface area contributed by atoms with Gasteiger partial charge in [0.2, 0.25) is 0 Å². The van der Waals surface area contributed by atoms with Crippen LogP contribution in [-0.2, 0) is 26.1 Å². The van der Waals surface area contributed by atoms with E-state index in [0.29, 0.717) is 34.4 Å². The summed E-state index contributed by atoms with van der Waals surface area (Å²) in [4.78, 5) is 0.